The fourth-order valence-electron chi connectivity index (χ4n) is 1.67. The van der Waals surface area contributed by atoms with E-state index in [1.807, 2.05) is 19.9 Å². The van der Waals surface area contributed by atoms with Gasteiger partial charge in [-0.3, -0.25) is 4.79 Å². The lowest BCUT2D eigenvalue weighted by molar-refractivity contribution is -0.116. The zero-order valence-corrected chi connectivity index (χ0v) is 12.4. The maximum Gasteiger partial charge on any atom is 0.224 e. The highest BCUT2D eigenvalue weighted by molar-refractivity contribution is 5.97. The molecule has 0 aliphatic rings. The number of amides is 1. The molecule has 0 aliphatic carbocycles. The standard InChI is InChI=1S/C14H22N6O/c1-3-4-5-12(21)18-10-7-6-9(2)8-11(10)19-14(17)20-13(15)16/h6-8H,3-5H2,1-2H3,(H,18,21)(H6,15,16,17,19,20). The average molecular weight is 290 g/mol. The molecule has 7 nitrogen and oxygen atoms in total. The highest BCUT2D eigenvalue weighted by atomic mass is 16.1. The number of nitrogens with zero attached hydrogens (tertiary/aromatic N) is 2. The smallest absolute Gasteiger partial charge is 0.224 e. The molecule has 0 aliphatic heterocycles. The van der Waals surface area contributed by atoms with Gasteiger partial charge in [-0.1, -0.05) is 19.4 Å². The Hall–Kier alpha value is -2.57. The summed E-state index contributed by atoms with van der Waals surface area (Å²) < 4.78 is 0. The highest BCUT2D eigenvalue weighted by Crippen LogP contribution is 2.26. The van der Waals surface area contributed by atoms with Crippen LogP contribution in [0, 0.1) is 6.92 Å². The molecule has 1 aromatic carbocycles. The first-order valence-electron chi connectivity index (χ1n) is 6.76. The Morgan fingerprint density at radius 1 is 1.29 bits per heavy atom. The SMILES string of the molecule is CCCCC(=O)Nc1ccc(C)cc1N=C(N)N=C(N)N. The molecule has 0 radical (unpaired) electrons. The minimum atomic E-state index is -0.169. The molecule has 1 aromatic rings. The second-order valence-electron chi connectivity index (χ2n) is 4.68. The molecule has 114 valence electrons. The van der Waals surface area contributed by atoms with Gasteiger partial charge in [-0.05, 0) is 31.0 Å². The van der Waals surface area contributed by atoms with Gasteiger partial charge in [-0.2, -0.15) is 4.99 Å². The van der Waals surface area contributed by atoms with E-state index in [9.17, 15) is 4.79 Å². The maximum atomic E-state index is 11.8. The quantitative estimate of drug-likeness (QED) is 0.481. The minimum absolute atomic E-state index is 0.0578. The molecule has 0 saturated heterocycles. The molecule has 0 heterocycles. The molecule has 7 N–H and O–H groups in total. The van der Waals surface area contributed by atoms with E-state index in [1.54, 1.807) is 12.1 Å². The monoisotopic (exact) mass is 290 g/mol. The van der Waals surface area contributed by atoms with E-state index in [-0.39, 0.29) is 17.8 Å². The van der Waals surface area contributed by atoms with Gasteiger partial charge in [0, 0.05) is 6.42 Å². The minimum Gasteiger partial charge on any atom is -0.370 e. The first-order chi connectivity index (χ1) is 9.92. The van der Waals surface area contributed by atoms with Crippen LogP contribution in [0.5, 0.6) is 0 Å². The summed E-state index contributed by atoms with van der Waals surface area (Å²) in [4.78, 5) is 19.6. The van der Waals surface area contributed by atoms with E-state index < -0.39 is 0 Å². The average Bonchev–Trinajstić information content (AvgIpc) is 2.38. The van der Waals surface area contributed by atoms with Gasteiger partial charge < -0.3 is 22.5 Å². The van der Waals surface area contributed by atoms with Gasteiger partial charge >= 0.3 is 0 Å². The Bertz CT molecular complexity index is 561. The van der Waals surface area contributed by atoms with Crippen LogP contribution in [0.25, 0.3) is 0 Å². The molecular formula is C14H22N6O. The van der Waals surface area contributed by atoms with Crippen molar-refractivity contribution >= 4 is 29.2 Å². The number of guanidine groups is 2. The normalized spacial score (nSPS) is 11.0. The van der Waals surface area contributed by atoms with Crippen molar-refractivity contribution in [1.82, 2.24) is 0 Å². The predicted octanol–water partition coefficient (Wildman–Crippen LogP) is 1.34. The van der Waals surface area contributed by atoms with Crippen LogP contribution in [0.4, 0.5) is 11.4 Å². The van der Waals surface area contributed by atoms with Crippen molar-refractivity contribution in [3.63, 3.8) is 0 Å². The van der Waals surface area contributed by atoms with Gasteiger partial charge in [-0.15, -0.1) is 0 Å². The molecule has 1 rings (SSSR count). The summed E-state index contributed by atoms with van der Waals surface area (Å²) in [5.41, 5.74) is 18.2. The van der Waals surface area contributed by atoms with Crippen LogP contribution >= 0.6 is 0 Å². The third-order valence-corrected chi connectivity index (χ3v) is 2.66. The number of aryl methyl sites for hydroxylation is 1. The van der Waals surface area contributed by atoms with E-state index >= 15 is 0 Å². The Kier molecular flexibility index (Phi) is 6.19. The molecule has 7 heteroatoms. The number of hydrogen-bond donors (Lipinski definition) is 4. The van der Waals surface area contributed by atoms with Crippen molar-refractivity contribution in [3.8, 4) is 0 Å². The number of unbranched alkanes of at least 4 members (excludes halogenated alkanes) is 1. The van der Waals surface area contributed by atoms with Crippen LogP contribution in [0.2, 0.25) is 0 Å². The van der Waals surface area contributed by atoms with Gasteiger partial charge in [0.05, 0.1) is 11.4 Å². The Morgan fingerprint density at radius 2 is 2.00 bits per heavy atom. The Labute approximate surface area is 124 Å². The highest BCUT2D eigenvalue weighted by Gasteiger charge is 2.07. The number of nitrogens with two attached hydrogens (primary N) is 3. The van der Waals surface area contributed by atoms with Gasteiger partial charge in [-0.25, -0.2) is 4.99 Å². The Balaban J connectivity index is 3.00. The lowest BCUT2D eigenvalue weighted by atomic mass is 10.2. The fourth-order valence-corrected chi connectivity index (χ4v) is 1.67. The molecule has 0 unspecified atom stereocenters. The summed E-state index contributed by atoms with van der Waals surface area (Å²) in [7, 11) is 0. The zero-order chi connectivity index (χ0) is 15.8. The number of carbonyl (C=O) groups excluding carboxylic acids is 1. The summed E-state index contributed by atoms with van der Waals surface area (Å²) in [5, 5.41) is 2.82. The van der Waals surface area contributed by atoms with Crippen LogP contribution in [0.3, 0.4) is 0 Å². The number of rotatable bonds is 5. The largest absolute Gasteiger partial charge is 0.370 e. The lowest BCUT2D eigenvalue weighted by Gasteiger charge is -2.09. The van der Waals surface area contributed by atoms with E-state index in [1.165, 1.54) is 0 Å². The Morgan fingerprint density at radius 3 is 2.62 bits per heavy atom. The molecular weight excluding hydrogens is 268 g/mol. The number of aliphatic imine (C=N–C) groups is 2. The van der Waals surface area contributed by atoms with Crippen molar-refractivity contribution in [2.45, 2.75) is 33.1 Å². The molecule has 1 amide bonds. The van der Waals surface area contributed by atoms with Crippen molar-refractivity contribution in [1.29, 1.82) is 0 Å². The topological polar surface area (TPSA) is 132 Å². The first-order valence-corrected chi connectivity index (χ1v) is 6.76. The van der Waals surface area contributed by atoms with Crippen LogP contribution < -0.4 is 22.5 Å². The van der Waals surface area contributed by atoms with Crippen LogP contribution in [-0.2, 0) is 4.79 Å². The molecule has 0 spiro atoms. The molecule has 0 bridgehead atoms. The van der Waals surface area contributed by atoms with Gasteiger partial charge in [0.2, 0.25) is 11.9 Å². The summed E-state index contributed by atoms with van der Waals surface area (Å²) in [5.74, 6) is -0.292. The third kappa shape index (κ3) is 5.94. The maximum absolute atomic E-state index is 11.8. The van der Waals surface area contributed by atoms with Crippen molar-refractivity contribution in [2.75, 3.05) is 5.32 Å². The fraction of sp³-hybridized carbons (Fsp3) is 0.357. The van der Waals surface area contributed by atoms with Crippen molar-refractivity contribution < 1.29 is 4.79 Å². The zero-order valence-electron chi connectivity index (χ0n) is 12.4. The molecule has 0 fully saturated rings. The second-order valence-corrected chi connectivity index (χ2v) is 4.68. The summed E-state index contributed by atoms with van der Waals surface area (Å²) in [6.07, 6.45) is 2.27. The first kappa shape index (κ1) is 16.5. The predicted molar refractivity (Wildman–Crippen MR) is 86.4 cm³/mol. The summed E-state index contributed by atoms with van der Waals surface area (Å²) >= 11 is 0. The van der Waals surface area contributed by atoms with Gasteiger partial charge in [0.25, 0.3) is 0 Å². The van der Waals surface area contributed by atoms with Crippen LogP contribution in [0.15, 0.2) is 28.2 Å². The number of carbonyl (C=O) groups is 1. The summed E-state index contributed by atoms with van der Waals surface area (Å²) in [6.45, 7) is 3.95. The number of anilines is 1. The lowest BCUT2D eigenvalue weighted by Crippen LogP contribution is -2.26. The number of nitrogens with one attached hydrogen (secondary N) is 1. The second kappa shape index (κ2) is 7.88. The van der Waals surface area contributed by atoms with Gasteiger partial charge in [0.15, 0.2) is 5.96 Å². The van der Waals surface area contributed by atoms with Crippen molar-refractivity contribution in [3.05, 3.63) is 23.8 Å². The van der Waals surface area contributed by atoms with E-state index in [4.69, 9.17) is 17.2 Å². The van der Waals surface area contributed by atoms with Crippen LogP contribution in [0.1, 0.15) is 31.7 Å². The molecule has 0 saturated carbocycles. The van der Waals surface area contributed by atoms with E-state index in [0.29, 0.717) is 17.8 Å². The van der Waals surface area contributed by atoms with Crippen molar-refractivity contribution in [2.24, 2.45) is 27.2 Å². The number of benzene rings is 1. The van der Waals surface area contributed by atoms with Gasteiger partial charge in [0.1, 0.15) is 0 Å². The number of hydrogen-bond acceptors (Lipinski definition) is 2. The summed E-state index contributed by atoms with van der Waals surface area (Å²) in [6, 6.07) is 5.45. The van der Waals surface area contributed by atoms with Crippen LogP contribution in [-0.4, -0.2) is 17.8 Å². The van der Waals surface area contributed by atoms with E-state index in [0.717, 1.165) is 18.4 Å². The molecule has 0 atom stereocenters. The van der Waals surface area contributed by atoms with E-state index in [2.05, 4.69) is 15.3 Å². The third-order valence-electron chi connectivity index (χ3n) is 2.66. The molecule has 0 aromatic heterocycles. The molecule has 21 heavy (non-hydrogen) atoms.